The van der Waals surface area contributed by atoms with Crippen molar-refractivity contribution in [2.24, 2.45) is 0 Å². The molecule has 0 radical (unpaired) electrons. The summed E-state index contributed by atoms with van der Waals surface area (Å²) in [4.78, 5) is 23.2. The van der Waals surface area contributed by atoms with Crippen LogP contribution in [-0.4, -0.2) is 30.4 Å². The number of rotatable bonds is 6. The molecular formula is C16H19NO4. The standard InChI is InChI=1S/C16H19NO4/c1-5-20-15(18)12(4)21-16(19)14(17)11(3)13-8-6-10(2)7-9-13/h6-9,12,17H,3,5H2,1-2,4H3/t12-/m0/s1. The van der Waals surface area contributed by atoms with Crippen LogP contribution >= 0.6 is 0 Å². The van der Waals surface area contributed by atoms with E-state index in [0.29, 0.717) is 5.56 Å². The number of nitrogens with one attached hydrogen (secondary N) is 1. The van der Waals surface area contributed by atoms with E-state index in [1.807, 2.05) is 19.1 Å². The fourth-order valence-electron chi connectivity index (χ4n) is 1.55. The van der Waals surface area contributed by atoms with E-state index >= 15 is 0 Å². The second kappa shape index (κ2) is 7.38. The van der Waals surface area contributed by atoms with Gasteiger partial charge in [0.25, 0.3) is 0 Å². The molecule has 0 unspecified atom stereocenters. The first-order valence-electron chi connectivity index (χ1n) is 6.59. The first-order chi connectivity index (χ1) is 9.86. The first kappa shape index (κ1) is 16.6. The van der Waals surface area contributed by atoms with Crippen molar-refractivity contribution in [3.8, 4) is 0 Å². The lowest BCUT2D eigenvalue weighted by Gasteiger charge is -2.13. The fourth-order valence-corrected chi connectivity index (χ4v) is 1.55. The number of hydrogen-bond donors (Lipinski definition) is 1. The molecule has 1 aromatic carbocycles. The van der Waals surface area contributed by atoms with E-state index in [0.717, 1.165) is 5.56 Å². The molecule has 5 nitrogen and oxygen atoms in total. The number of benzene rings is 1. The second-order valence-corrected chi connectivity index (χ2v) is 4.52. The molecule has 21 heavy (non-hydrogen) atoms. The normalized spacial score (nSPS) is 11.4. The van der Waals surface area contributed by atoms with Crippen molar-refractivity contribution < 1.29 is 19.1 Å². The van der Waals surface area contributed by atoms with Gasteiger partial charge in [-0.15, -0.1) is 0 Å². The summed E-state index contributed by atoms with van der Waals surface area (Å²) in [7, 11) is 0. The molecule has 0 aromatic heterocycles. The van der Waals surface area contributed by atoms with Gasteiger partial charge < -0.3 is 9.47 Å². The highest BCUT2D eigenvalue weighted by Gasteiger charge is 2.23. The summed E-state index contributed by atoms with van der Waals surface area (Å²) in [5.74, 6) is -1.54. The van der Waals surface area contributed by atoms with Crippen molar-refractivity contribution in [3.05, 3.63) is 42.0 Å². The van der Waals surface area contributed by atoms with Crippen molar-refractivity contribution in [2.45, 2.75) is 26.9 Å². The molecule has 0 aliphatic heterocycles. The van der Waals surface area contributed by atoms with Crippen molar-refractivity contribution >= 4 is 23.2 Å². The van der Waals surface area contributed by atoms with E-state index in [2.05, 4.69) is 6.58 Å². The Labute approximate surface area is 124 Å². The zero-order chi connectivity index (χ0) is 16.0. The quantitative estimate of drug-likeness (QED) is 0.645. The van der Waals surface area contributed by atoms with Crippen LogP contribution in [0.15, 0.2) is 30.8 Å². The third-order valence-corrected chi connectivity index (χ3v) is 2.81. The van der Waals surface area contributed by atoms with Crippen LogP contribution < -0.4 is 0 Å². The highest BCUT2D eigenvalue weighted by atomic mass is 16.6. The predicted octanol–water partition coefficient (Wildman–Crippen LogP) is 2.52. The maximum absolute atomic E-state index is 11.8. The number of aryl methyl sites for hydroxylation is 1. The highest BCUT2D eigenvalue weighted by Crippen LogP contribution is 2.15. The predicted molar refractivity (Wildman–Crippen MR) is 80.1 cm³/mol. The summed E-state index contributed by atoms with van der Waals surface area (Å²) in [6, 6.07) is 7.27. The van der Waals surface area contributed by atoms with Gasteiger partial charge in [0.1, 0.15) is 5.71 Å². The molecule has 0 fully saturated rings. The number of hydrogen-bond acceptors (Lipinski definition) is 5. The average Bonchev–Trinajstić information content (AvgIpc) is 2.46. The van der Waals surface area contributed by atoms with Gasteiger partial charge in [-0.1, -0.05) is 36.4 Å². The van der Waals surface area contributed by atoms with Gasteiger partial charge in [0, 0.05) is 5.57 Å². The van der Waals surface area contributed by atoms with Gasteiger partial charge >= 0.3 is 11.9 Å². The van der Waals surface area contributed by atoms with Crippen molar-refractivity contribution in [1.82, 2.24) is 0 Å². The van der Waals surface area contributed by atoms with Gasteiger partial charge in [0.05, 0.1) is 6.61 Å². The van der Waals surface area contributed by atoms with E-state index < -0.39 is 18.0 Å². The lowest BCUT2D eigenvalue weighted by atomic mass is 10.0. The molecule has 0 saturated carbocycles. The van der Waals surface area contributed by atoms with Gasteiger partial charge in [-0.05, 0) is 26.3 Å². The lowest BCUT2D eigenvalue weighted by Crippen LogP contribution is -2.29. The zero-order valence-electron chi connectivity index (χ0n) is 12.4. The van der Waals surface area contributed by atoms with Gasteiger partial charge in [0.15, 0.2) is 6.10 Å². The SMILES string of the molecule is C=C(C(=N)C(=O)O[C@@H](C)C(=O)OCC)c1ccc(C)cc1. The maximum Gasteiger partial charge on any atom is 0.357 e. The number of ether oxygens (including phenoxy) is 2. The molecule has 0 saturated heterocycles. The number of esters is 2. The van der Waals surface area contributed by atoms with Crippen LogP contribution in [0.1, 0.15) is 25.0 Å². The minimum Gasteiger partial charge on any atom is -0.463 e. The molecule has 0 aliphatic carbocycles. The fraction of sp³-hybridized carbons (Fsp3) is 0.312. The molecular weight excluding hydrogens is 270 g/mol. The Morgan fingerprint density at radius 2 is 1.86 bits per heavy atom. The Morgan fingerprint density at radius 1 is 1.29 bits per heavy atom. The minimum atomic E-state index is -1.05. The summed E-state index contributed by atoms with van der Waals surface area (Å²) in [6.07, 6.45) is -1.05. The Kier molecular flexibility index (Phi) is 5.84. The first-order valence-corrected chi connectivity index (χ1v) is 6.59. The van der Waals surface area contributed by atoms with Gasteiger partial charge in [0.2, 0.25) is 0 Å². The molecule has 0 amide bonds. The van der Waals surface area contributed by atoms with Crippen LogP contribution in [0, 0.1) is 12.3 Å². The Morgan fingerprint density at radius 3 is 2.38 bits per heavy atom. The molecule has 1 N–H and O–H groups in total. The second-order valence-electron chi connectivity index (χ2n) is 4.52. The monoisotopic (exact) mass is 289 g/mol. The molecule has 0 bridgehead atoms. The lowest BCUT2D eigenvalue weighted by molar-refractivity contribution is -0.162. The van der Waals surface area contributed by atoms with Crippen molar-refractivity contribution in [1.29, 1.82) is 5.41 Å². The smallest absolute Gasteiger partial charge is 0.357 e. The zero-order valence-corrected chi connectivity index (χ0v) is 12.4. The summed E-state index contributed by atoms with van der Waals surface area (Å²) in [5, 5.41) is 7.80. The summed E-state index contributed by atoms with van der Waals surface area (Å²) >= 11 is 0. The molecule has 1 aromatic rings. The van der Waals surface area contributed by atoms with Crippen LogP contribution in [-0.2, 0) is 19.1 Å². The van der Waals surface area contributed by atoms with Gasteiger partial charge in [-0.2, -0.15) is 0 Å². The van der Waals surface area contributed by atoms with Crippen LogP contribution in [0.3, 0.4) is 0 Å². The Hall–Kier alpha value is -2.43. The molecule has 112 valence electrons. The van der Waals surface area contributed by atoms with Gasteiger partial charge in [-0.3, -0.25) is 5.41 Å². The van der Waals surface area contributed by atoms with Crippen molar-refractivity contribution in [3.63, 3.8) is 0 Å². The Bertz CT molecular complexity index is 560. The highest BCUT2D eigenvalue weighted by molar-refractivity contribution is 6.52. The summed E-state index contributed by atoms with van der Waals surface area (Å²) in [6.45, 7) is 8.92. The van der Waals surface area contributed by atoms with Crippen LogP contribution in [0.25, 0.3) is 5.57 Å². The minimum absolute atomic E-state index is 0.203. The summed E-state index contributed by atoms with van der Waals surface area (Å²) in [5.41, 5.74) is 1.59. The molecule has 1 rings (SSSR count). The molecule has 0 heterocycles. The van der Waals surface area contributed by atoms with Crippen LogP contribution in [0.5, 0.6) is 0 Å². The van der Waals surface area contributed by atoms with E-state index in [1.54, 1.807) is 19.1 Å². The number of carbonyl (C=O) groups is 2. The third-order valence-electron chi connectivity index (χ3n) is 2.81. The Balaban J connectivity index is 2.70. The molecule has 0 spiro atoms. The summed E-state index contributed by atoms with van der Waals surface area (Å²) < 4.78 is 9.63. The van der Waals surface area contributed by atoms with Crippen LogP contribution in [0.4, 0.5) is 0 Å². The van der Waals surface area contributed by atoms with E-state index in [4.69, 9.17) is 14.9 Å². The average molecular weight is 289 g/mol. The molecule has 0 aliphatic rings. The molecule has 1 atom stereocenters. The van der Waals surface area contributed by atoms with Gasteiger partial charge in [-0.25, -0.2) is 9.59 Å². The third kappa shape index (κ3) is 4.56. The van der Waals surface area contributed by atoms with E-state index in [-0.39, 0.29) is 17.9 Å². The largest absolute Gasteiger partial charge is 0.463 e. The van der Waals surface area contributed by atoms with Crippen LogP contribution in [0.2, 0.25) is 0 Å². The topological polar surface area (TPSA) is 76.5 Å². The number of carbonyl (C=O) groups excluding carboxylic acids is 2. The van der Waals surface area contributed by atoms with Crippen molar-refractivity contribution in [2.75, 3.05) is 6.61 Å². The van der Waals surface area contributed by atoms with E-state index in [1.165, 1.54) is 6.92 Å². The molecule has 5 heteroatoms. The van der Waals surface area contributed by atoms with E-state index in [9.17, 15) is 9.59 Å². The maximum atomic E-state index is 11.8.